The van der Waals surface area contributed by atoms with Crippen LogP contribution in [0.5, 0.6) is 5.75 Å². The topological polar surface area (TPSA) is 52.8 Å². The van der Waals surface area contributed by atoms with Crippen LogP contribution in [-0.2, 0) is 13.0 Å². The number of aromatic nitrogens is 4. The van der Waals surface area contributed by atoms with Gasteiger partial charge in [0.05, 0.1) is 5.69 Å². The first-order chi connectivity index (χ1) is 9.69. The van der Waals surface area contributed by atoms with Crippen LogP contribution in [0.4, 0.5) is 0 Å². The Morgan fingerprint density at radius 2 is 2.05 bits per heavy atom. The summed E-state index contributed by atoms with van der Waals surface area (Å²) in [6.45, 7) is 6.54. The molecule has 0 aromatic carbocycles. The van der Waals surface area contributed by atoms with Gasteiger partial charge in [-0.3, -0.25) is 4.98 Å². The lowest BCUT2D eigenvalue weighted by atomic mass is 10.2. The molecule has 0 unspecified atom stereocenters. The molecular formula is C15H20N4O. The van der Waals surface area contributed by atoms with Gasteiger partial charge in [-0.05, 0) is 45.2 Å². The molecular weight excluding hydrogens is 252 g/mol. The monoisotopic (exact) mass is 272 g/mol. The Morgan fingerprint density at radius 3 is 2.75 bits per heavy atom. The van der Waals surface area contributed by atoms with Crippen LogP contribution in [0.25, 0.3) is 0 Å². The second kappa shape index (κ2) is 5.23. The van der Waals surface area contributed by atoms with Crippen LogP contribution in [0.1, 0.15) is 48.8 Å². The molecule has 0 bridgehead atoms. The highest BCUT2D eigenvalue weighted by Gasteiger charge is 2.28. The van der Waals surface area contributed by atoms with Crippen LogP contribution < -0.4 is 4.74 Å². The Hall–Kier alpha value is -1.91. The summed E-state index contributed by atoms with van der Waals surface area (Å²) < 4.78 is 8.12. The lowest BCUT2D eigenvalue weighted by Gasteiger charge is -2.11. The SMILES string of the molecule is CCc1nc(C)ccc1OCc1nnc(C)n1C1CC1. The van der Waals surface area contributed by atoms with Crippen LogP contribution >= 0.6 is 0 Å². The summed E-state index contributed by atoms with van der Waals surface area (Å²) in [5.74, 6) is 2.73. The second-order valence-electron chi connectivity index (χ2n) is 5.30. The molecule has 2 aromatic heterocycles. The molecule has 1 fully saturated rings. The zero-order valence-electron chi connectivity index (χ0n) is 12.3. The number of hydrogen-bond donors (Lipinski definition) is 0. The normalized spacial score (nSPS) is 14.6. The number of rotatable bonds is 5. The van der Waals surface area contributed by atoms with Gasteiger partial charge in [0.1, 0.15) is 18.2 Å². The van der Waals surface area contributed by atoms with E-state index in [9.17, 15) is 0 Å². The number of hydrogen-bond acceptors (Lipinski definition) is 4. The smallest absolute Gasteiger partial charge is 0.171 e. The first kappa shape index (κ1) is 13.1. The minimum atomic E-state index is 0.453. The molecule has 2 heterocycles. The van der Waals surface area contributed by atoms with Gasteiger partial charge >= 0.3 is 0 Å². The van der Waals surface area contributed by atoms with Gasteiger partial charge in [0, 0.05) is 11.7 Å². The first-order valence-electron chi connectivity index (χ1n) is 7.18. The van der Waals surface area contributed by atoms with Crippen molar-refractivity contribution < 1.29 is 4.74 Å². The first-order valence-corrected chi connectivity index (χ1v) is 7.18. The molecule has 1 saturated carbocycles. The van der Waals surface area contributed by atoms with E-state index in [2.05, 4.69) is 26.7 Å². The maximum atomic E-state index is 5.92. The van der Waals surface area contributed by atoms with Crippen molar-refractivity contribution in [3.8, 4) is 5.75 Å². The van der Waals surface area contributed by atoms with Gasteiger partial charge in [-0.2, -0.15) is 0 Å². The van der Waals surface area contributed by atoms with Crippen molar-refractivity contribution in [2.45, 2.75) is 52.7 Å². The fourth-order valence-corrected chi connectivity index (χ4v) is 2.44. The van der Waals surface area contributed by atoms with E-state index in [4.69, 9.17) is 4.74 Å². The molecule has 0 amide bonds. The highest BCUT2D eigenvalue weighted by atomic mass is 16.5. The Labute approximate surface area is 119 Å². The molecule has 106 valence electrons. The third-order valence-electron chi connectivity index (χ3n) is 3.61. The summed E-state index contributed by atoms with van der Waals surface area (Å²) in [5, 5.41) is 8.40. The van der Waals surface area contributed by atoms with Crippen LogP contribution in [0, 0.1) is 13.8 Å². The Balaban J connectivity index is 1.77. The fraction of sp³-hybridized carbons (Fsp3) is 0.533. The third-order valence-corrected chi connectivity index (χ3v) is 3.61. The van der Waals surface area contributed by atoms with Crippen molar-refractivity contribution >= 4 is 0 Å². The standard InChI is InChI=1S/C15H20N4O/c1-4-13-14(8-5-10(2)16-13)20-9-15-18-17-11(3)19(15)12-6-7-12/h5,8,12H,4,6-7,9H2,1-3H3. The minimum absolute atomic E-state index is 0.453. The molecule has 0 spiro atoms. The summed E-state index contributed by atoms with van der Waals surface area (Å²) in [7, 11) is 0. The Bertz CT molecular complexity index is 616. The zero-order valence-corrected chi connectivity index (χ0v) is 12.3. The predicted octanol–water partition coefficient (Wildman–Crippen LogP) is 2.77. The molecule has 5 nitrogen and oxygen atoms in total. The summed E-state index contributed by atoms with van der Waals surface area (Å²) in [4.78, 5) is 4.51. The van der Waals surface area contributed by atoms with E-state index < -0.39 is 0 Å². The molecule has 2 aromatic rings. The Morgan fingerprint density at radius 1 is 1.25 bits per heavy atom. The van der Waals surface area contributed by atoms with Crippen molar-refractivity contribution in [2.24, 2.45) is 0 Å². The van der Waals surface area contributed by atoms with Gasteiger partial charge in [-0.25, -0.2) is 0 Å². The predicted molar refractivity (Wildman–Crippen MR) is 75.7 cm³/mol. The van der Waals surface area contributed by atoms with Gasteiger partial charge in [0.25, 0.3) is 0 Å². The van der Waals surface area contributed by atoms with Crippen molar-refractivity contribution in [1.82, 2.24) is 19.7 Å². The minimum Gasteiger partial charge on any atom is -0.484 e. The molecule has 0 aliphatic heterocycles. The summed E-state index contributed by atoms with van der Waals surface area (Å²) >= 11 is 0. The quantitative estimate of drug-likeness (QED) is 0.840. The van der Waals surface area contributed by atoms with Crippen molar-refractivity contribution in [3.63, 3.8) is 0 Å². The summed E-state index contributed by atoms with van der Waals surface area (Å²) in [6, 6.07) is 4.54. The van der Waals surface area contributed by atoms with Crippen molar-refractivity contribution in [3.05, 3.63) is 35.2 Å². The van der Waals surface area contributed by atoms with Gasteiger partial charge in [0.2, 0.25) is 0 Å². The Kier molecular flexibility index (Phi) is 3.42. The van der Waals surface area contributed by atoms with Gasteiger partial charge in [-0.1, -0.05) is 6.92 Å². The van der Waals surface area contributed by atoms with Gasteiger partial charge in [-0.15, -0.1) is 10.2 Å². The third kappa shape index (κ3) is 2.53. The zero-order chi connectivity index (χ0) is 14.1. The number of ether oxygens (including phenoxy) is 1. The molecule has 3 rings (SSSR count). The van der Waals surface area contributed by atoms with Crippen molar-refractivity contribution in [1.29, 1.82) is 0 Å². The van der Waals surface area contributed by atoms with E-state index in [0.717, 1.165) is 35.2 Å². The maximum absolute atomic E-state index is 5.92. The lowest BCUT2D eigenvalue weighted by molar-refractivity contribution is 0.284. The lowest BCUT2D eigenvalue weighted by Crippen LogP contribution is -2.08. The average molecular weight is 272 g/mol. The summed E-state index contributed by atoms with van der Waals surface area (Å²) in [5.41, 5.74) is 2.02. The molecule has 0 atom stereocenters. The van der Waals surface area contributed by atoms with Crippen molar-refractivity contribution in [2.75, 3.05) is 0 Å². The summed E-state index contributed by atoms with van der Waals surface area (Å²) in [6.07, 6.45) is 3.31. The van der Waals surface area contributed by atoms with E-state index >= 15 is 0 Å². The largest absolute Gasteiger partial charge is 0.484 e. The molecule has 1 aliphatic carbocycles. The highest BCUT2D eigenvalue weighted by Crippen LogP contribution is 2.36. The van der Waals surface area contributed by atoms with E-state index in [1.165, 1.54) is 12.8 Å². The molecule has 20 heavy (non-hydrogen) atoms. The van der Waals surface area contributed by atoms with E-state index in [1.807, 2.05) is 26.0 Å². The highest BCUT2D eigenvalue weighted by molar-refractivity contribution is 5.29. The van der Waals surface area contributed by atoms with Crippen LogP contribution in [0.2, 0.25) is 0 Å². The number of aryl methyl sites for hydroxylation is 3. The van der Waals surface area contributed by atoms with E-state index in [0.29, 0.717) is 12.6 Å². The second-order valence-corrected chi connectivity index (χ2v) is 5.30. The van der Waals surface area contributed by atoms with E-state index in [-0.39, 0.29) is 0 Å². The number of nitrogens with zero attached hydrogens (tertiary/aromatic N) is 4. The van der Waals surface area contributed by atoms with Crippen LogP contribution in [0.3, 0.4) is 0 Å². The van der Waals surface area contributed by atoms with Crippen LogP contribution in [-0.4, -0.2) is 19.7 Å². The van der Waals surface area contributed by atoms with Gasteiger partial charge < -0.3 is 9.30 Å². The molecule has 5 heteroatoms. The fourth-order valence-electron chi connectivity index (χ4n) is 2.44. The van der Waals surface area contributed by atoms with Crippen LogP contribution in [0.15, 0.2) is 12.1 Å². The molecule has 0 radical (unpaired) electrons. The molecule has 0 N–H and O–H groups in total. The van der Waals surface area contributed by atoms with Gasteiger partial charge in [0.15, 0.2) is 5.82 Å². The maximum Gasteiger partial charge on any atom is 0.171 e. The molecule has 0 saturated heterocycles. The number of pyridine rings is 1. The molecule has 1 aliphatic rings. The average Bonchev–Trinajstić information content (AvgIpc) is 3.21. The van der Waals surface area contributed by atoms with E-state index in [1.54, 1.807) is 0 Å².